The van der Waals surface area contributed by atoms with E-state index in [2.05, 4.69) is 15.4 Å². The first kappa shape index (κ1) is 16.7. The maximum Gasteiger partial charge on any atom is 0.350 e. The van der Waals surface area contributed by atoms with Crippen molar-refractivity contribution < 1.29 is 14.3 Å². The summed E-state index contributed by atoms with van der Waals surface area (Å²) in [4.78, 5) is 19.5. The average molecular weight is 379 g/mol. The highest BCUT2D eigenvalue weighted by atomic mass is 19.1. The molecular formula is C20H18FN5O2. The second-order valence-corrected chi connectivity index (χ2v) is 7.13. The van der Waals surface area contributed by atoms with Crippen LogP contribution < -0.4 is 5.32 Å². The van der Waals surface area contributed by atoms with Crippen LogP contribution in [0.15, 0.2) is 42.2 Å². The minimum absolute atomic E-state index is 0.239. The largest absolute Gasteiger partial charge is 0.505 e. The second kappa shape index (κ2) is 6.05. The van der Waals surface area contributed by atoms with Gasteiger partial charge < -0.3 is 10.4 Å². The number of likely N-dealkylation sites (tertiary alicyclic amines) is 1. The zero-order chi connectivity index (χ0) is 19.4. The Morgan fingerprint density at radius 1 is 1.32 bits per heavy atom. The van der Waals surface area contributed by atoms with Crippen molar-refractivity contribution in [2.24, 2.45) is 5.92 Å². The molecule has 0 radical (unpaired) electrons. The highest BCUT2D eigenvalue weighted by molar-refractivity contribution is 5.91. The van der Waals surface area contributed by atoms with Gasteiger partial charge in [-0.1, -0.05) is 0 Å². The van der Waals surface area contributed by atoms with Gasteiger partial charge in [0.05, 0.1) is 11.4 Å². The monoisotopic (exact) mass is 379 g/mol. The van der Waals surface area contributed by atoms with E-state index in [1.165, 1.54) is 16.8 Å². The summed E-state index contributed by atoms with van der Waals surface area (Å²) in [6, 6.07) is 7.44. The Labute approximate surface area is 160 Å². The second-order valence-electron chi connectivity index (χ2n) is 7.13. The van der Waals surface area contributed by atoms with Crippen LogP contribution in [0.3, 0.4) is 0 Å². The molecule has 2 N–H and O–H groups in total. The van der Waals surface area contributed by atoms with Crippen molar-refractivity contribution in [1.82, 2.24) is 25.0 Å². The number of aromatic nitrogens is 3. The number of phenolic OH excluding ortho intramolecular Hbond substituents is 1. The summed E-state index contributed by atoms with van der Waals surface area (Å²) < 4.78 is 15.1. The van der Waals surface area contributed by atoms with Crippen molar-refractivity contribution in [2.45, 2.75) is 13.3 Å². The molecule has 0 aliphatic carbocycles. The van der Waals surface area contributed by atoms with Crippen molar-refractivity contribution in [3.8, 4) is 17.0 Å². The number of carbonyl (C=O) groups is 1. The van der Waals surface area contributed by atoms with Gasteiger partial charge in [0.1, 0.15) is 0 Å². The molecule has 0 spiro atoms. The minimum Gasteiger partial charge on any atom is -0.505 e. The highest BCUT2D eigenvalue weighted by Gasteiger charge is 2.36. The average Bonchev–Trinajstić information content (AvgIpc) is 3.38. The Hall–Kier alpha value is -3.42. The molecule has 2 aliphatic rings. The van der Waals surface area contributed by atoms with Gasteiger partial charge in [-0.2, -0.15) is 9.78 Å². The van der Waals surface area contributed by atoms with Crippen molar-refractivity contribution >= 4 is 17.1 Å². The molecule has 1 atom stereocenters. The lowest BCUT2D eigenvalue weighted by Gasteiger charge is -2.17. The third-order valence-corrected chi connectivity index (χ3v) is 5.42. The molecule has 0 saturated carbocycles. The summed E-state index contributed by atoms with van der Waals surface area (Å²) in [5.74, 6) is -0.776. The summed E-state index contributed by atoms with van der Waals surface area (Å²) in [5, 5.41) is 17.8. The lowest BCUT2D eigenvalue weighted by Crippen LogP contribution is -2.32. The zero-order valence-corrected chi connectivity index (χ0v) is 15.2. The number of hydrogen-bond acceptors (Lipinski definition) is 5. The van der Waals surface area contributed by atoms with E-state index in [1.807, 2.05) is 19.2 Å². The van der Waals surface area contributed by atoms with E-state index >= 15 is 0 Å². The van der Waals surface area contributed by atoms with Crippen LogP contribution in [0.25, 0.3) is 22.3 Å². The molecule has 8 heteroatoms. The summed E-state index contributed by atoms with van der Waals surface area (Å²) in [7, 11) is 0. The van der Waals surface area contributed by atoms with E-state index in [-0.39, 0.29) is 6.03 Å². The molecule has 3 aromatic rings. The first-order valence-corrected chi connectivity index (χ1v) is 9.13. The quantitative estimate of drug-likeness (QED) is 0.679. The number of rotatable bonds is 1. The molecule has 1 aromatic carbocycles. The number of hydrogen-bond donors (Lipinski definition) is 2. The van der Waals surface area contributed by atoms with Crippen molar-refractivity contribution in [1.29, 1.82) is 0 Å². The van der Waals surface area contributed by atoms with Crippen LogP contribution in [0.2, 0.25) is 0 Å². The number of benzene rings is 1. The molecule has 142 valence electrons. The number of carbonyl (C=O) groups excluding carboxylic acids is 1. The first-order chi connectivity index (χ1) is 13.5. The van der Waals surface area contributed by atoms with E-state index in [1.54, 1.807) is 17.0 Å². The van der Waals surface area contributed by atoms with Crippen molar-refractivity contribution in [3.63, 3.8) is 0 Å². The van der Waals surface area contributed by atoms with Gasteiger partial charge in [-0.15, -0.1) is 0 Å². The maximum absolute atomic E-state index is 13.8. The van der Waals surface area contributed by atoms with Crippen LogP contribution in [-0.4, -0.2) is 43.9 Å². The summed E-state index contributed by atoms with van der Waals surface area (Å²) in [6.45, 7) is 3.34. The van der Waals surface area contributed by atoms with Crippen LogP contribution >= 0.6 is 0 Å². The SMILES string of the molecule is Cc1nn(C(=O)N2CCC3CNC=C32)c2nc(-c3ccc(O)c(F)c3)ccc12. The Balaban J connectivity index is 1.59. The molecule has 2 aliphatic heterocycles. The fourth-order valence-electron chi connectivity index (χ4n) is 3.91. The summed E-state index contributed by atoms with van der Waals surface area (Å²) in [6.07, 6.45) is 2.82. The van der Waals surface area contributed by atoms with E-state index in [0.29, 0.717) is 35.1 Å². The smallest absolute Gasteiger partial charge is 0.350 e. The molecule has 0 bridgehead atoms. The Morgan fingerprint density at radius 3 is 3.00 bits per heavy atom. The van der Waals surface area contributed by atoms with Gasteiger partial charge in [-0.3, -0.25) is 4.90 Å². The molecule has 2 aromatic heterocycles. The van der Waals surface area contributed by atoms with Gasteiger partial charge in [0.15, 0.2) is 17.2 Å². The number of fused-ring (bicyclic) bond motifs is 2. The van der Waals surface area contributed by atoms with Gasteiger partial charge >= 0.3 is 6.03 Å². The van der Waals surface area contributed by atoms with Gasteiger partial charge in [0.25, 0.3) is 0 Å². The Morgan fingerprint density at radius 2 is 2.18 bits per heavy atom. The number of nitrogens with zero attached hydrogens (tertiary/aromatic N) is 4. The molecule has 5 rings (SSSR count). The lowest BCUT2D eigenvalue weighted by molar-refractivity contribution is 0.215. The molecular weight excluding hydrogens is 361 g/mol. The number of aromatic hydroxyl groups is 1. The third-order valence-electron chi connectivity index (χ3n) is 5.42. The Bertz CT molecular complexity index is 1150. The molecule has 1 unspecified atom stereocenters. The molecule has 1 saturated heterocycles. The predicted molar refractivity (Wildman–Crippen MR) is 101 cm³/mol. The maximum atomic E-state index is 13.8. The number of nitrogens with one attached hydrogen (secondary N) is 1. The standard InChI is InChI=1S/C20H18FN5O2/c1-11-14-3-4-16(12-2-5-18(27)15(21)8-12)23-19(14)26(24-11)20(28)25-7-6-13-9-22-10-17(13)25/h2-5,8,10,13,22,27H,6-7,9H2,1H3. The molecule has 1 fully saturated rings. The third kappa shape index (κ3) is 2.45. The normalized spacial score (nSPS) is 18.3. The zero-order valence-electron chi connectivity index (χ0n) is 15.2. The fraction of sp³-hybridized carbons (Fsp3) is 0.250. The van der Waals surface area contributed by atoms with Gasteiger partial charge in [0.2, 0.25) is 0 Å². The van der Waals surface area contributed by atoms with Crippen LogP contribution in [0.1, 0.15) is 12.1 Å². The Kier molecular flexibility index (Phi) is 3.61. The number of halogens is 1. The highest BCUT2D eigenvalue weighted by Crippen LogP contribution is 2.32. The van der Waals surface area contributed by atoms with Crippen LogP contribution in [0.4, 0.5) is 9.18 Å². The van der Waals surface area contributed by atoms with Crippen molar-refractivity contribution in [2.75, 3.05) is 13.1 Å². The number of aryl methyl sites for hydroxylation is 1. The van der Waals surface area contributed by atoms with Gasteiger partial charge in [-0.25, -0.2) is 14.2 Å². The minimum atomic E-state index is -0.719. The van der Waals surface area contributed by atoms with E-state index in [0.717, 1.165) is 24.0 Å². The number of pyridine rings is 1. The van der Waals surface area contributed by atoms with Crippen LogP contribution in [-0.2, 0) is 0 Å². The number of phenols is 1. The first-order valence-electron chi connectivity index (χ1n) is 9.13. The summed E-state index contributed by atoms with van der Waals surface area (Å²) in [5.41, 5.74) is 3.14. The van der Waals surface area contributed by atoms with Gasteiger partial charge in [0, 0.05) is 41.9 Å². The lowest BCUT2D eigenvalue weighted by atomic mass is 10.1. The fourth-order valence-corrected chi connectivity index (χ4v) is 3.91. The molecule has 4 heterocycles. The summed E-state index contributed by atoms with van der Waals surface area (Å²) >= 11 is 0. The van der Waals surface area contributed by atoms with Crippen molar-refractivity contribution in [3.05, 3.63) is 53.7 Å². The van der Waals surface area contributed by atoms with Crippen LogP contribution in [0, 0.1) is 18.7 Å². The van der Waals surface area contributed by atoms with Gasteiger partial charge in [-0.05, 0) is 43.7 Å². The molecule has 7 nitrogen and oxygen atoms in total. The molecule has 28 heavy (non-hydrogen) atoms. The predicted octanol–water partition coefficient (Wildman–Crippen LogP) is 2.99. The van der Waals surface area contributed by atoms with E-state index < -0.39 is 11.6 Å². The van der Waals surface area contributed by atoms with Crippen LogP contribution in [0.5, 0.6) is 5.75 Å². The van der Waals surface area contributed by atoms with E-state index in [4.69, 9.17) is 0 Å². The number of amides is 1. The molecule has 1 amide bonds. The van der Waals surface area contributed by atoms with E-state index in [9.17, 15) is 14.3 Å². The topological polar surface area (TPSA) is 83.3 Å².